The minimum atomic E-state index is -0.300. The van der Waals surface area contributed by atoms with Gasteiger partial charge in [-0.1, -0.05) is 6.08 Å². The third-order valence-electron chi connectivity index (χ3n) is 2.16. The highest BCUT2D eigenvalue weighted by molar-refractivity contribution is 5.78. The van der Waals surface area contributed by atoms with Crippen LogP contribution in [0, 0.1) is 0 Å². The molecule has 1 aliphatic rings. The van der Waals surface area contributed by atoms with Crippen LogP contribution in [0.5, 0.6) is 0 Å². The van der Waals surface area contributed by atoms with Crippen molar-refractivity contribution in [2.24, 2.45) is 0 Å². The van der Waals surface area contributed by atoms with E-state index in [9.17, 15) is 4.79 Å². The maximum Gasteiger partial charge on any atom is 0.247 e. The molecule has 1 rings (SSSR count). The Morgan fingerprint density at radius 2 is 2.45 bits per heavy atom. The van der Waals surface area contributed by atoms with Crippen LogP contribution in [0.2, 0.25) is 0 Å². The first kappa shape index (κ1) is 8.27. The molecule has 0 aliphatic carbocycles. The van der Waals surface area contributed by atoms with E-state index in [1.165, 1.54) is 12.2 Å². The van der Waals surface area contributed by atoms with Crippen LogP contribution in [-0.4, -0.2) is 23.6 Å². The molecule has 0 aromatic heterocycles. The van der Waals surface area contributed by atoms with Crippen molar-refractivity contribution in [3.05, 3.63) is 12.7 Å². The Bertz CT molecular complexity index is 191. The van der Waals surface area contributed by atoms with Gasteiger partial charge in [0.25, 0.3) is 0 Å². The average Bonchev–Trinajstić information content (AvgIpc) is 2.29. The molecule has 1 atom stereocenters. The van der Waals surface area contributed by atoms with Crippen LogP contribution >= 0.6 is 0 Å². The Hall–Kier alpha value is -0.830. The van der Waals surface area contributed by atoms with Crippen LogP contribution in [0.1, 0.15) is 19.8 Å². The summed E-state index contributed by atoms with van der Waals surface area (Å²) in [7, 11) is 1.50. The molecule has 1 amide bonds. The first-order chi connectivity index (χ1) is 5.14. The lowest BCUT2D eigenvalue weighted by Crippen LogP contribution is -2.40. The Morgan fingerprint density at radius 3 is 2.82 bits per heavy atom. The topological polar surface area (TPSA) is 29.5 Å². The van der Waals surface area contributed by atoms with Crippen LogP contribution in [-0.2, 0) is 9.63 Å². The minimum absolute atomic E-state index is 0.0369. The second kappa shape index (κ2) is 2.66. The van der Waals surface area contributed by atoms with Crippen molar-refractivity contribution in [2.75, 3.05) is 7.11 Å². The summed E-state index contributed by atoms with van der Waals surface area (Å²) in [5, 5.41) is 1.39. The standard InChI is InChI=1S/C8H13NO2/c1-4-8(2)6-5-7(10)9(8)11-3/h4H,1,5-6H2,2-3H3. The molecule has 0 saturated carbocycles. The molecule has 1 fully saturated rings. The van der Waals surface area contributed by atoms with E-state index in [1.54, 1.807) is 6.08 Å². The van der Waals surface area contributed by atoms with Crippen LogP contribution in [0.4, 0.5) is 0 Å². The highest BCUT2D eigenvalue weighted by Gasteiger charge is 2.39. The van der Waals surface area contributed by atoms with Crippen molar-refractivity contribution >= 4 is 5.91 Å². The zero-order valence-corrected chi connectivity index (χ0v) is 6.96. The number of carbonyl (C=O) groups excluding carboxylic acids is 1. The number of rotatable bonds is 2. The Kier molecular flexibility index (Phi) is 2.00. The van der Waals surface area contributed by atoms with Crippen LogP contribution < -0.4 is 0 Å². The number of hydroxylamine groups is 2. The van der Waals surface area contributed by atoms with Gasteiger partial charge in [0.15, 0.2) is 0 Å². The van der Waals surface area contributed by atoms with Crippen LogP contribution in [0.3, 0.4) is 0 Å². The van der Waals surface area contributed by atoms with Gasteiger partial charge in [-0.15, -0.1) is 6.58 Å². The summed E-state index contributed by atoms with van der Waals surface area (Å²) < 4.78 is 0. The highest BCUT2D eigenvalue weighted by atomic mass is 16.7. The Balaban J connectivity index is 2.83. The SMILES string of the molecule is C=CC1(C)CCC(=O)N1OC. The lowest BCUT2D eigenvalue weighted by molar-refractivity contribution is -0.185. The van der Waals surface area contributed by atoms with E-state index in [1.807, 2.05) is 6.92 Å². The van der Waals surface area contributed by atoms with Crippen molar-refractivity contribution in [1.82, 2.24) is 5.06 Å². The minimum Gasteiger partial charge on any atom is -0.273 e. The number of amides is 1. The van der Waals surface area contributed by atoms with Crippen molar-refractivity contribution in [3.8, 4) is 0 Å². The first-order valence-electron chi connectivity index (χ1n) is 3.65. The summed E-state index contributed by atoms with van der Waals surface area (Å²) in [5.41, 5.74) is -0.300. The summed E-state index contributed by atoms with van der Waals surface area (Å²) >= 11 is 0. The van der Waals surface area contributed by atoms with Crippen LogP contribution in [0.25, 0.3) is 0 Å². The largest absolute Gasteiger partial charge is 0.273 e. The molecule has 1 saturated heterocycles. The van der Waals surface area contributed by atoms with Gasteiger partial charge in [-0.25, -0.2) is 5.06 Å². The third-order valence-corrected chi connectivity index (χ3v) is 2.16. The molecule has 0 aromatic carbocycles. The van der Waals surface area contributed by atoms with Crippen molar-refractivity contribution in [3.63, 3.8) is 0 Å². The predicted octanol–water partition coefficient (Wildman–Crippen LogP) is 1.11. The van der Waals surface area contributed by atoms with Gasteiger partial charge < -0.3 is 0 Å². The normalized spacial score (nSPS) is 31.1. The third kappa shape index (κ3) is 1.16. The first-order valence-corrected chi connectivity index (χ1v) is 3.65. The fourth-order valence-corrected chi connectivity index (χ4v) is 1.34. The summed E-state index contributed by atoms with van der Waals surface area (Å²) in [4.78, 5) is 16.1. The molecule has 11 heavy (non-hydrogen) atoms. The van der Waals surface area contributed by atoms with E-state index in [2.05, 4.69) is 6.58 Å². The van der Waals surface area contributed by atoms with E-state index >= 15 is 0 Å². The number of hydrogen-bond donors (Lipinski definition) is 0. The van der Waals surface area contributed by atoms with Gasteiger partial charge in [0, 0.05) is 6.42 Å². The van der Waals surface area contributed by atoms with Gasteiger partial charge in [0.1, 0.15) is 0 Å². The van der Waals surface area contributed by atoms with E-state index in [4.69, 9.17) is 4.84 Å². The zero-order chi connectivity index (χ0) is 8.48. The summed E-state index contributed by atoms with van der Waals surface area (Å²) in [6.07, 6.45) is 3.10. The number of nitrogens with zero attached hydrogens (tertiary/aromatic N) is 1. The van der Waals surface area contributed by atoms with Crippen molar-refractivity contribution in [1.29, 1.82) is 0 Å². The number of hydrogen-bond acceptors (Lipinski definition) is 2. The van der Waals surface area contributed by atoms with Gasteiger partial charge in [-0.2, -0.15) is 0 Å². The Morgan fingerprint density at radius 1 is 1.82 bits per heavy atom. The molecule has 1 unspecified atom stereocenters. The van der Waals surface area contributed by atoms with Crippen molar-refractivity contribution in [2.45, 2.75) is 25.3 Å². The van der Waals surface area contributed by atoms with Gasteiger partial charge in [-0.05, 0) is 13.3 Å². The molecule has 0 bridgehead atoms. The van der Waals surface area contributed by atoms with Gasteiger partial charge in [0.2, 0.25) is 5.91 Å². The zero-order valence-electron chi connectivity index (χ0n) is 6.96. The lowest BCUT2D eigenvalue weighted by atomic mass is 10.0. The van der Waals surface area contributed by atoms with E-state index < -0.39 is 0 Å². The second-order valence-electron chi connectivity index (χ2n) is 2.93. The van der Waals surface area contributed by atoms with Gasteiger partial charge in [0.05, 0.1) is 12.6 Å². The van der Waals surface area contributed by atoms with E-state index in [0.29, 0.717) is 6.42 Å². The smallest absolute Gasteiger partial charge is 0.247 e. The predicted molar refractivity (Wildman–Crippen MR) is 41.7 cm³/mol. The molecule has 0 N–H and O–H groups in total. The average molecular weight is 155 g/mol. The lowest BCUT2D eigenvalue weighted by Gasteiger charge is -2.29. The van der Waals surface area contributed by atoms with Crippen molar-refractivity contribution < 1.29 is 9.63 Å². The monoisotopic (exact) mass is 155 g/mol. The molecular formula is C8H13NO2. The highest BCUT2D eigenvalue weighted by Crippen LogP contribution is 2.30. The molecule has 1 aliphatic heterocycles. The summed E-state index contributed by atoms with van der Waals surface area (Å²) in [6.45, 7) is 5.61. The molecule has 62 valence electrons. The molecule has 0 spiro atoms. The molecule has 3 nitrogen and oxygen atoms in total. The summed E-state index contributed by atoms with van der Waals surface area (Å²) in [6, 6.07) is 0. The van der Waals surface area contributed by atoms with Gasteiger partial charge >= 0.3 is 0 Å². The fraction of sp³-hybridized carbons (Fsp3) is 0.625. The second-order valence-corrected chi connectivity index (χ2v) is 2.93. The van der Waals surface area contributed by atoms with Gasteiger partial charge in [-0.3, -0.25) is 9.63 Å². The Labute approximate surface area is 66.6 Å². The maximum atomic E-state index is 11.1. The van der Waals surface area contributed by atoms with Crippen LogP contribution in [0.15, 0.2) is 12.7 Å². The number of carbonyl (C=O) groups is 1. The molecule has 3 heteroatoms. The van der Waals surface area contributed by atoms with E-state index in [-0.39, 0.29) is 11.4 Å². The fourth-order valence-electron chi connectivity index (χ4n) is 1.34. The van der Waals surface area contributed by atoms with E-state index in [0.717, 1.165) is 6.42 Å². The maximum absolute atomic E-state index is 11.1. The molecule has 0 radical (unpaired) electrons. The quantitative estimate of drug-likeness (QED) is 0.559. The molecule has 0 aromatic rings. The molecular weight excluding hydrogens is 142 g/mol. The summed E-state index contributed by atoms with van der Waals surface area (Å²) in [5.74, 6) is 0.0369. The molecule has 1 heterocycles.